The van der Waals surface area contributed by atoms with Crippen LogP contribution in [0.15, 0.2) is 65.1 Å². The molecular weight excluding hydrogens is 400 g/mol. The first-order valence-electron chi connectivity index (χ1n) is 10.9. The van der Waals surface area contributed by atoms with Crippen molar-refractivity contribution in [3.63, 3.8) is 0 Å². The summed E-state index contributed by atoms with van der Waals surface area (Å²) in [7, 11) is 0. The number of anilines is 1. The van der Waals surface area contributed by atoms with Crippen LogP contribution in [0.5, 0.6) is 5.75 Å². The molecule has 0 fully saturated rings. The molecule has 0 spiro atoms. The summed E-state index contributed by atoms with van der Waals surface area (Å²) in [6, 6.07) is 19.6. The van der Waals surface area contributed by atoms with Crippen LogP contribution >= 0.6 is 0 Å². The molecule has 0 radical (unpaired) electrons. The number of aromatic nitrogens is 1. The van der Waals surface area contributed by atoms with Gasteiger partial charge in [0.1, 0.15) is 11.3 Å². The number of rotatable bonds is 7. The number of amides is 1. The first kappa shape index (κ1) is 21.6. The molecule has 1 N–H and O–H groups in total. The van der Waals surface area contributed by atoms with Crippen LogP contribution in [-0.2, 0) is 4.79 Å². The quantitative estimate of drug-likeness (QED) is 0.358. The van der Waals surface area contributed by atoms with Crippen LogP contribution in [0.1, 0.15) is 42.9 Å². The average molecular weight is 429 g/mol. The molecule has 1 amide bonds. The maximum atomic E-state index is 12.5. The molecule has 5 nitrogen and oxygen atoms in total. The molecule has 1 aromatic heterocycles. The minimum atomic E-state index is -0.218. The van der Waals surface area contributed by atoms with Crippen molar-refractivity contribution in [2.24, 2.45) is 0 Å². The summed E-state index contributed by atoms with van der Waals surface area (Å²) < 4.78 is 11.6. The Bertz CT molecular complexity index is 1240. The Morgan fingerprint density at radius 1 is 1.06 bits per heavy atom. The first-order valence-corrected chi connectivity index (χ1v) is 10.9. The molecule has 164 valence electrons. The van der Waals surface area contributed by atoms with E-state index < -0.39 is 0 Å². The van der Waals surface area contributed by atoms with Crippen LogP contribution < -0.4 is 10.1 Å². The van der Waals surface area contributed by atoms with Crippen LogP contribution in [0.25, 0.3) is 22.6 Å². The van der Waals surface area contributed by atoms with Crippen molar-refractivity contribution in [1.82, 2.24) is 4.98 Å². The third-order valence-electron chi connectivity index (χ3n) is 5.73. The molecule has 0 saturated carbocycles. The number of benzene rings is 3. The second kappa shape index (κ2) is 9.27. The highest BCUT2D eigenvalue weighted by atomic mass is 16.5. The van der Waals surface area contributed by atoms with Gasteiger partial charge in [0.2, 0.25) is 5.89 Å². The summed E-state index contributed by atoms with van der Waals surface area (Å²) in [5.41, 5.74) is 6.42. The topological polar surface area (TPSA) is 64.4 Å². The highest BCUT2D eigenvalue weighted by Crippen LogP contribution is 2.28. The third kappa shape index (κ3) is 4.83. The van der Waals surface area contributed by atoms with Gasteiger partial charge in [-0.3, -0.25) is 4.79 Å². The van der Waals surface area contributed by atoms with Crippen LogP contribution in [0.2, 0.25) is 0 Å². The molecule has 0 unspecified atom stereocenters. The smallest absolute Gasteiger partial charge is 0.262 e. The lowest BCUT2D eigenvalue weighted by molar-refractivity contribution is -0.118. The van der Waals surface area contributed by atoms with E-state index in [4.69, 9.17) is 9.15 Å². The molecule has 4 aromatic rings. The van der Waals surface area contributed by atoms with E-state index in [2.05, 4.69) is 36.3 Å². The predicted octanol–water partition coefficient (Wildman–Crippen LogP) is 6.64. The molecule has 0 aliphatic rings. The van der Waals surface area contributed by atoms with Crippen LogP contribution in [0.4, 0.5) is 5.69 Å². The van der Waals surface area contributed by atoms with E-state index in [1.165, 1.54) is 5.56 Å². The van der Waals surface area contributed by atoms with Crippen molar-refractivity contribution in [3.8, 4) is 17.2 Å². The van der Waals surface area contributed by atoms with Crippen molar-refractivity contribution in [2.75, 3.05) is 11.9 Å². The molecule has 1 heterocycles. The van der Waals surface area contributed by atoms with Gasteiger partial charge in [0.05, 0.1) is 0 Å². The van der Waals surface area contributed by atoms with Crippen molar-refractivity contribution in [2.45, 2.75) is 40.0 Å². The first-order chi connectivity index (χ1) is 15.4. The number of ether oxygens (including phenoxy) is 1. The van der Waals surface area contributed by atoms with Gasteiger partial charge in [-0.05, 0) is 79.3 Å². The van der Waals surface area contributed by atoms with E-state index >= 15 is 0 Å². The number of aryl methyl sites for hydroxylation is 2. The Hall–Kier alpha value is -3.60. The lowest BCUT2D eigenvalue weighted by Crippen LogP contribution is -2.20. The molecule has 0 aliphatic carbocycles. The van der Waals surface area contributed by atoms with Gasteiger partial charge in [0.25, 0.3) is 5.91 Å². The fourth-order valence-corrected chi connectivity index (χ4v) is 3.51. The molecule has 32 heavy (non-hydrogen) atoms. The van der Waals surface area contributed by atoms with E-state index in [0.717, 1.165) is 34.2 Å². The standard InChI is InChI=1S/C27H28N2O3/c1-5-18(3)20-9-11-22(12-10-20)31-16-26(30)28-23-15-21(8-7-19(23)4)27-29-24-14-17(2)6-13-25(24)32-27/h6-15,18H,5,16H2,1-4H3,(H,28,30)/t18-/m0/s1. The monoisotopic (exact) mass is 428 g/mol. The van der Waals surface area contributed by atoms with Gasteiger partial charge in [0, 0.05) is 11.3 Å². The number of fused-ring (bicyclic) bond motifs is 1. The van der Waals surface area contributed by atoms with Crippen LogP contribution in [-0.4, -0.2) is 17.5 Å². The zero-order chi connectivity index (χ0) is 22.7. The van der Waals surface area contributed by atoms with Gasteiger partial charge in [-0.25, -0.2) is 4.98 Å². The fraction of sp³-hybridized carbons (Fsp3) is 0.259. The zero-order valence-electron chi connectivity index (χ0n) is 18.9. The molecule has 1 atom stereocenters. The second-order valence-electron chi connectivity index (χ2n) is 8.24. The fourth-order valence-electron chi connectivity index (χ4n) is 3.51. The molecule has 3 aromatic carbocycles. The summed E-state index contributed by atoms with van der Waals surface area (Å²) >= 11 is 0. The molecule has 5 heteroatoms. The van der Waals surface area contributed by atoms with E-state index in [-0.39, 0.29) is 12.5 Å². The van der Waals surface area contributed by atoms with Gasteiger partial charge in [-0.2, -0.15) is 0 Å². The van der Waals surface area contributed by atoms with Gasteiger partial charge >= 0.3 is 0 Å². The minimum Gasteiger partial charge on any atom is -0.484 e. The van der Waals surface area contributed by atoms with Crippen molar-refractivity contribution in [1.29, 1.82) is 0 Å². The Morgan fingerprint density at radius 2 is 1.84 bits per heavy atom. The summed E-state index contributed by atoms with van der Waals surface area (Å²) in [6.07, 6.45) is 1.09. The number of hydrogen-bond acceptors (Lipinski definition) is 4. The van der Waals surface area contributed by atoms with E-state index in [1.807, 2.05) is 62.4 Å². The normalized spacial score (nSPS) is 12.0. The van der Waals surface area contributed by atoms with Gasteiger partial charge in [-0.1, -0.05) is 38.1 Å². The molecule has 4 rings (SSSR count). The molecular formula is C27H28N2O3. The van der Waals surface area contributed by atoms with Crippen molar-refractivity contribution < 1.29 is 13.9 Å². The Labute approximate surface area is 188 Å². The van der Waals surface area contributed by atoms with Crippen LogP contribution in [0, 0.1) is 13.8 Å². The zero-order valence-corrected chi connectivity index (χ0v) is 18.9. The predicted molar refractivity (Wildman–Crippen MR) is 128 cm³/mol. The summed E-state index contributed by atoms with van der Waals surface area (Å²) in [5, 5.41) is 2.94. The van der Waals surface area contributed by atoms with Gasteiger partial charge in [0.15, 0.2) is 12.2 Å². The van der Waals surface area contributed by atoms with Gasteiger partial charge < -0.3 is 14.5 Å². The highest BCUT2D eigenvalue weighted by Gasteiger charge is 2.12. The summed E-state index contributed by atoms with van der Waals surface area (Å²) in [5.74, 6) is 1.50. The third-order valence-corrected chi connectivity index (χ3v) is 5.73. The SMILES string of the molecule is CC[C@H](C)c1ccc(OCC(=O)Nc2cc(-c3nc4cc(C)ccc4o3)ccc2C)cc1. The number of carbonyl (C=O) groups is 1. The van der Waals surface area contributed by atoms with E-state index in [1.54, 1.807) is 0 Å². The highest BCUT2D eigenvalue weighted by molar-refractivity contribution is 5.93. The molecule has 0 bridgehead atoms. The lowest BCUT2D eigenvalue weighted by Gasteiger charge is -2.12. The summed E-state index contributed by atoms with van der Waals surface area (Å²) in [6.45, 7) is 8.27. The second-order valence-corrected chi connectivity index (χ2v) is 8.24. The minimum absolute atomic E-state index is 0.0610. The number of nitrogens with zero attached hydrogens (tertiary/aromatic N) is 1. The maximum absolute atomic E-state index is 12.5. The van der Waals surface area contributed by atoms with E-state index in [0.29, 0.717) is 23.2 Å². The molecule has 0 aliphatic heterocycles. The Balaban J connectivity index is 1.43. The summed E-state index contributed by atoms with van der Waals surface area (Å²) in [4.78, 5) is 17.1. The van der Waals surface area contributed by atoms with Crippen molar-refractivity contribution in [3.05, 3.63) is 77.4 Å². The molecule has 0 saturated heterocycles. The number of oxazole rings is 1. The largest absolute Gasteiger partial charge is 0.484 e. The van der Waals surface area contributed by atoms with E-state index in [9.17, 15) is 4.79 Å². The maximum Gasteiger partial charge on any atom is 0.262 e. The number of hydrogen-bond donors (Lipinski definition) is 1. The Kier molecular flexibility index (Phi) is 6.26. The Morgan fingerprint density at radius 3 is 2.59 bits per heavy atom. The lowest BCUT2D eigenvalue weighted by atomic mass is 9.99. The average Bonchev–Trinajstić information content (AvgIpc) is 3.22. The number of nitrogens with one attached hydrogen (secondary N) is 1. The van der Waals surface area contributed by atoms with Crippen molar-refractivity contribution >= 4 is 22.7 Å². The van der Waals surface area contributed by atoms with Gasteiger partial charge in [-0.15, -0.1) is 0 Å². The number of carbonyl (C=O) groups excluding carboxylic acids is 1. The van der Waals surface area contributed by atoms with Crippen LogP contribution in [0.3, 0.4) is 0 Å².